The van der Waals surface area contributed by atoms with Crippen LogP contribution >= 0.6 is 0 Å². The zero-order valence-electron chi connectivity index (χ0n) is 17.3. The quantitative estimate of drug-likeness (QED) is 0.750. The average Bonchev–Trinajstić information content (AvgIpc) is 2.66. The highest BCUT2D eigenvalue weighted by Crippen LogP contribution is 2.54. The van der Waals surface area contributed by atoms with E-state index >= 15 is 0 Å². The zero-order valence-corrected chi connectivity index (χ0v) is 17.3. The maximum absolute atomic E-state index is 10.8. The largest absolute Gasteiger partial charge is 0.389 e. The van der Waals surface area contributed by atoms with E-state index in [9.17, 15) is 5.11 Å². The average molecular weight is 380 g/mol. The fourth-order valence-corrected chi connectivity index (χ4v) is 5.66. The van der Waals surface area contributed by atoms with Crippen LogP contribution in [0.3, 0.4) is 0 Å². The fourth-order valence-electron chi connectivity index (χ4n) is 5.66. The molecule has 2 saturated heterocycles. The third-order valence-electron chi connectivity index (χ3n) is 6.52. The van der Waals surface area contributed by atoms with Crippen molar-refractivity contribution >= 4 is 0 Å². The molecule has 3 aliphatic rings. The highest BCUT2D eigenvalue weighted by Gasteiger charge is 2.56. The highest BCUT2D eigenvalue weighted by molar-refractivity contribution is 5.29. The minimum absolute atomic E-state index is 0.150. The van der Waals surface area contributed by atoms with Crippen molar-refractivity contribution in [1.29, 1.82) is 0 Å². The van der Waals surface area contributed by atoms with Gasteiger partial charge in [0, 0.05) is 18.1 Å². The van der Waals surface area contributed by atoms with Crippen LogP contribution in [0.1, 0.15) is 57.3 Å². The summed E-state index contributed by atoms with van der Waals surface area (Å²) in [6.45, 7) is 8.15. The van der Waals surface area contributed by atoms with Crippen LogP contribution in [0.15, 0.2) is 60.7 Å². The molecular formula is C25H33NO2. The van der Waals surface area contributed by atoms with E-state index in [1.165, 1.54) is 19.3 Å². The first-order valence-electron chi connectivity index (χ1n) is 10.5. The number of β-amino-alcohol motifs (C(OH)–C–C–N with tert-alkyl or cyclic N) is 1. The molecule has 2 bridgehead atoms. The number of aliphatic hydroxyl groups excluding tert-OH is 1. The van der Waals surface area contributed by atoms with Crippen LogP contribution in [-0.2, 0) is 4.74 Å². The summed E-state index contributed by atoms with van der Waals surface area (Å²) >= 11 is 0. The van der Waals surface area contributed by atoms with Gasteiger partial charge in [0.15, 0.2) is 0 Å². The first-order valence-corrected chi connectivity index (χ1v) is 10.5. The Bertz CT molecular complexity index is 736. The van der Waals surface area contributed by atoms with Crippen LogP contribution in [0.2, 0.25) is 0 Å². The molecule has 0 radical (unpaired) electrons. The standard InChI is InChI=1S/C25H33NO2/c1-24(2)14-21-15-25(3,18-24)26(21)16-22(27)17-28-23(19-10-6-4-7-11-19)20-12-8-5-9-13-20/h4-13,21-23,27H,14-18H2,1-3H3/t21-,22-,25-/m1/s1. The Hall–Kier alpha value is -1.68. The summed E-state index contributed by atoms with van der Waals surface area (Å²) in [4.78, 5) is 2.52. The molecule has 1 N–H and O–H groups in total. The summed E-state index contributed by atoms with van der Waals surface area (Å²) < 4.78 is 6.26. The molecule has 3 atom stereocenters. The summed E-state index contributed by atoms with van der Waals surface area (Å²) in [5, 5.41) is 10.8. The van der Waals surface area contributed by atoms with Crippen molar-refractivity contribution in [1.82, 2.24) is 4.90 Å². The van der Waals surface area contributed by atoms with Gasteiger partial charge in [-0.1, -0.05) is 74.5 Å². The molecule has 1 saturated carbocycles. The Morgan fingerprint density at radius 1 is 0.964 bits per heavy atom. The highest BCUT2D eigenvalue weighted by atomic mass is 16.5. The Kier molecular flexibility index (Phi) is 5.34. The summed E-state index contributed by atoms with van der Waals surface area (Å²) in [5.74, 6) is 0. The van der Waals surface area contributed by atoms with Crippen LogP contribution in [0.4, 0.5) is 0 Å². The van der Waals surface area contributed by atoms with E-state index in [-0.39, 0.29) is 11.6 Å². The molecule has 0 spiro atoms. The van der Waals surface area contributed by atoms with Crippen molar-refractivity contribution in [2.45, 2.75) is 63.8 Å². The number of rotatable bonds is 7. The van der Waals surface area contributed by atoms with Gasteiger partial charge in [-0.15, -0.1) is 0 Å². The van der Waals surface area contributed by atoms with Gasteiger partial charge in [0.2, 0.25) is 0 Å². The van der Waals surface area contributed by atoms with Crippen molar-refractivity contribution < 1.29 is 9.84 Å². The number of piperidine rings is 1. The smallest absolute Gasteiger partial charge is 0.108 e. The predicted octanol–water partition coefficient (Wildman–Crippen LogP) is 4.81. The Labute approximate surface area is 169 Å². The number of nitrogens with zero attached hydrogens (tertiary/aromatic N) is 1. The summed E-state index contributed by atoms with van der Waals surface area (Å²) in [5.41, 5.74) is 2.90. The lowest BCUT2D eigenvalue weighted by Gasteiger charge is -2.65. The molecule has 1 aliphatic carbocycles. The second kappa shape index (κ2) is 7.62. The van der Waals surface area contributed by atoms with Crippen molar-refractivity contribution in [3.05, 3.63) is 71.8 Å². The Morgan fingerprint density at radius 2 is 1.54 bits per heavy atom. The summed E-state index contributed by atoms with van der Waals surface area (Å²) in [6, 6.07) is 21.2. The van der Waals surface area contributed by atoms with E-state index in [1.54, 1.807) is 0 Å². The minimum atomic E-state index is -0.474. The van der Waals surface area contributed by atoms with Gasteiger partial charge in [-0.3, -0.25) is 4.90 Å². The molecule has 3 heteroatoms. The van der Waals surface area contributed by atoms with Gasteiger partial charge in [-0.05, 0) is 42.7 Å². The molecule has 2 aromatic carbocycles. The van der Waals surface area contributed by atoms with E-state index in [2.05, 4.69) is 49.9 Å². The third kappa shape index (κ3) is 4.03. The second-order valence-electron chi connectivity index (χ2n) is 9.74. The van der Waals surface area contributed by atoms with Gasteiger partial charge in [-0.25, -0.2) is 0 Å². The monoisotopic (exact) mass is 379 g/mol. The van der Waals surface area contributed by atoms with Crippen molar-refractivity contribution in [3.8, 4) is 0 Å². The van der Waals surface area contributed by atoms with Crippen molar-refractivity contribution in [2.24, 2.45) is 5.41 Å². The van der Waals surface area contributed by atoms with Gasteiger partial charge >= 0.3 is 0 Å². The van der Waals surface area contributed by atoms with Gasteiger partial charge in [-0.2, -0.15) is 0 Å². The molecule has 28 heavy (non-hydrogen) atoms. The molecule has 3 fully saturated rings. The predicted molar refractivity (Wildman–Crippen MR) is 113 cm³/mol. The second-order valence-corrected chi connectivity index (χ2v) is 9.74. The van der Waals surface area contributed by atoms with Gasteiger partial charge in [0.05, 0.1) is 12.7 Å². The molecule has 150 valence electrons. The fraction of sp³-hybridized carbons (Fsp3) is 0.520. The maximum Gasteiger partial charge on any atom is 0.108 e. The minimum Gasteiger partial charge on any atom is -0.389 e. The van der Waals surface area contributed by atoms with E-state index in [4.69, 9.17) is 4.74 Å². The van der Waals surface area contributed by atoms with Gasteiger partial charge in [0.25, 0.3) is 0 Å². The Morgan fingerprint density at radius 3 is 2.07 bits per heavy atom. The molecular weight excluding hydrogens is 346 g/mol. The van der Waals surface area contributed by atoms with Gasteiger partial charge in [0.1, 0.15) is 6.10 Å². The van der Waals surface area contributed by atoms with Gasteiger partial charge < -0.3 is 9.84 Å². The number of ether oxygens (including phenoxy) is 1. The zero-order chi connectivity index (χ0) is 19.8. The first kappa shape index (κ1) is 19.6. The molecule has 3 nitrogen and oxygen atoms in total. The normalized spacial score (nSPS) is 27.4. The number of fused-ring (bicyclic) bond motifs is 2. The van der Waals surface area contributed by atoms with Crippen LogP contribution in [0, 0.1) is 5.41 Å². The van der Waals surface area contributed by atoms with Crippen molar-refractivity contribution in [3.63, 3.8) is 0 Å². The number of hydrogen-bond donors (Lipinski definition) is 1. The molecule has 2 aliphatic heterocycles. The van der Waals surface area contributed by atoms with Crippen LogP contribution in [0.25, 0.3) is 0 Å². The molecule has 0 amide bonds. The summed E-state index contributed by atoms with van der Waals surface area (Å²) in [6.07, 6.45) is 3.08. The summed E-state index contributed by atoms with van der Waals surface area (Å²) in [7, 11) is 0. The molecule has 0 unspecified atom stereocenters. The molecule has 2 aromatic rings. The Balaban J connectivity index is 1.39. The van der Waals surface area contributed by atoms with E-state index < -0.39 is 6.10 Å². The maximum atomic E-state index is 10.8. The van der Waals surface area contributed by atoms with E-state index in [0.717, 1.165) is 11.1 Å². The molecule has 2 heterocycles. The third-order valence-corrected chi connectivity index (χ3v) is 6.52. The van der Waals surface area contributed by atoms with Crippen LogP contribution < -0.4 is 0 Å². The molecule has 5 rings (SSSR count). The SMILES string of the molecule is CC1(C)C[C@@H]2C[C@](C)(C1)N2C[C@@H](O)COC(c1ccccc1)c1ccccc1. The van der Waals surface area contributed by atoms with E-state index in [0.29, 0.717) is 24.6 Å². The first-order chi connectivity index (χ1) is 13.4. The lowest BCUT2D eigenvalue weighted by atomic mass is 9.59. The lowest BCUT2D eigenvalue weighted by Crippen LogP contribution is -2.71. The molecule has 0 aromatic heterocycles. The number of hydrogen-bond acceptors (Lipinski definition) is 3. The number of aliphatic hydroxyl groups is 1. The van der Waals surface area contributed by atoms with Crippen LogP contribution in [0.5, 0.6) is 0 Å². The number of benzene rings is 2. The topological polar surface area (TPSA) is 32.7 Å². The van der Waals surface area contributed by atoms with E-state index in [1.807, 2.05) is 36.4 Å². The van der Waals surface area contributed by atoms with Crippen molar-refractivity contribution in [2.75, 3.05) is 13.2 Å². The lowest BCUT2D eigenvalue weighted by molar-refractivity contribution is -0.160. The van der Waals surface area contributed by atoms with Crippen LogP contribution in [-0.4, -0.2) is 40.8 Å².